The van der Waals surface area contributed by atoms with Gasteiger partial charge in [-0.05, 0) is 43.2 Å². The topological polar surface area (TPSA) is 92.9 Å². The number of aromatic amines is 1. The molecule has 3 heterocycles. The number of para-hydroxylation sites is 1. The fraction of sp³-hybridized carbons (Fsp3) is 0.136. The van der Waals surface area contributed by atoms with Gasteiger partial charge < -0.3 is 9.67 Å². The molecule has 0 amide bonds. The van der Waals surface area contributed by atoms with Crippen molar-refractivity contribution < 1.29 is 5.11 Å². The predicted octanol–water partition coefficient (Wildman–Crippen LogP) is 3.35. The van der Waals surface area contributed by atoms with Crippen molar-refractivity contribution in [1.29, 1.82) is 0 Å². The maximum absolute atomic E-state index is 13.2. The molecule has 30 heavy (non-hydrogen) atoms. The lowest BCUT2D eigenvalue weighted by atomic mass is 10.1. The molecule has 0 saturated heterocycles. The van der Waals surface area contributed by atoms with E-state index in [1.165, 1.54) is 22.1 Å². The van der Waals surface area contributed by atoms with Gasteiger partial charge in [0.05, 0.1) is 21.1 Å². The van der Waals surface area contributed by atoms with Crippen LogP contribution in [0.3, 0.4) is 0 Å². The summed E-state index contributed by atoms with van der Waals surface area (Å²) in [7, 11) is 0. The molecule has 0 unspecified atom stereocenters. The number of aryl methyl sites for hydroxylation is 2. The number of pyridine rings is 1. The van der Waals surface area contributed by atoms with Crippen LogP contribution in [0.15, 0.2) is 64.2 Å². The van der Waals surface area contributed by atoms with Crippen LogP contribution in [0.4, 0.5) is 0 Å². The van der Waals surface area contributed by atoms with E-state index in [1.54, 1.807) is 23.6 Å². The fourth-order valence-corrected chi connectivity index (χ4v) is 4.61. The lowest BCUT2D eigenvalue weighted by Gasteiger charge is -2.10. The zero-order valence-corrected chi connectivity index (χ0v) is 16.9. The van der Waals surface area contributed by atoms with Crippen LogP contribution in [-0.4, -0.2) is 24.4 Å². The summed E-state index contributed by atoms with van der Waals surface area (Å²) in [6.45, 7) is 2.23. The minimum absolute atomic E-state index is 0.170. The molecule has 5 rings (SSSR count). The number of phenolic OH excluding ortho intramolecular Hbond substituents is 1. The molecule has 0 radical (unpaired) electrons. The maximum atomic E-state index is 13.2. The number of rotatable bonds is 4. The van der Waals surface area contributed by atoms with E-state index < -0.39 is 0 Å². The number of hydrogen-bond donors (Lipinski definition) is 2. The van der Waals surface area contributed by atoms with Gasteiger partial charge in [-0.15, -0.1) is 0 Å². The number of aromatic nitrogens is 4. The highest BCUT2D eigenvalue weighted by Crippen LogP contribution is 2.24. The van der Waals surface area contributed by atoms with Gasteiger partial charge in [-0.25, -0.2) is 4.98 Å². The highest BCUT2D eigenvalue weighted by atomic mass is 32.1. The van der Waals surface area contributed by atoms with Crippen molar-refractivity contribution >= 4 is 32.5 Å². The van der Waals surface area contributed by atoms with Gasteiger partial charge in [0, 0.05) is 18.3 Å². The van der Waals surface area contributed by atoms with Crippen molar-refractivity contribution in [3.63, 3.8) is 0 Å². The average molecular weight is 418 g/mol. The third-order valence-electron chi connectivity index (χ3n) is 5.25. The molecule has 0 aliphatic carbocycles. The van der Waals surface area contributed by atoms with Gasteiger partial charge >= 0.3 is 0 Å². The van der Waals surface area contributed by atoms with Gasteiger partial charge in [-0.1, -0.05) is 35.6 Å². The molecule has 0 aliphatic heterocycles. The Morgan fingerprint density at radius 3 is 2.63 bits per heavy atom. The number of thiazole rings is 1. The SMILES string of the molecule is Cc1c2c(=O)n(-c3nc4ccccc4s3)[nH]c2cc(=O)n1CCc1ccc(O)cc1. The van der Waals surface area contributed by atoms with Gasteiger partial charge in [0.1, 0.15) is 5.75 Å². The molecule has 0 spiro atoms. The third kappa shape index (κ3) is 3.02. The Labute approximate surface area is 174 Å². The minimum atomic E-state index is -0.222. The summed E-state index contributed by atoms with van der Waals surface area (Å²) in [6, 6.07) is 16.1. The molecule has 0 atom stereocenters. The largest absolute Gasteiger partial charge is 0.508 e. The van der Waals surface area contributed by atoms with Gasteiger partial charge in [-0.2, -0.15) is 4.68 Å². The molecule has 0 aliphatic rings. The van der Waals surface area contributed by atoms with Gasteiger partial charge in [-0.3, -0.25) is 14.7 Å². The Morgan fingerprint density at radius 2 is 1.87 bits per heavy atom. The number of aromatic hydroxyl groups is 1. The number of benzene rings is 2. The molecule has 3 aromatic heterocycles. The molecule has 5 aromatic rings. The lowest BCUT2D eigenvalue weighted by Crippen LogP contribution is -2.24. The smallest absolute Gasteiger partial charge is 0.282 e. The highest BCUT2D eigenvalue weighted by molar-refractivity contribution is 7.20. The van der Waals surface area contributed by atoms with E-state index >= 15 is 0 Å². The summed E-state index contributed by atoms with van der Waals surface area (Å²) in [4.78, 5) is 30.4. The van der Waals surface area contributed by atoms with Crippen LogP contribution < -0.4 is 11.1 Å². The van der Waals surface area contributed by atoms with E-state index in [2.05, 4.69) is 10.1 Å². The van der Waals surface area contributed by atoms with Crippen LogP contribution in [0.1, 0.15) is 11.3 Å². The summed E-state index contributed by atoms with van der Waals surface area (Å²) in [6.07, 6.45) is 0.614. The number of phenols is 1. The number of hydrogen-bond acceptors (Lipinski definition) is 5. The number of nitrogens with zero attached hydrogens (tertiary/aromatic N) is 3. The molecule has 2 N–H and O–H groups in total. The van der Waals surface area contributed by atoms with Crippen LogP contribution in [0, 0.1) is 6.92 Å². The molecule has 8 heteroatoms. The van der Waals surface area contributed by atoms with E-state index in [1.807, 2.05) is 36.4 Å². The zero-order chi connectivity index (χ0) is 20.8. The predicted molar refractivity (Wildman–Crippen MR) is 118 cm³/mol. The molecule has 150 valence electrons. The van der Waals surface area contributed by atoms with Crippen LogP contribution in [0.5, 0.6) is 5.75 Å². The molecular weight excluding hydrogens is 400 g/mol. The number of nitrogens with one attached hydrogen (secondary N) is 1. The standard InChI is InChI=1S/C22H18N4O3S/c1-13-20-17(12-19(28)25(13)11-10-14-6-8-15(27)9-7-14)24-26(21(20)29)22-23-16-4-2-3-5-18(16)30-22/h2-9,12,24,27H,10-11H2,1H3. The van der Waals surface area contributed by atoms with Gasteiger partial charge in [0.25, 0.3) is 11.1 Å². The summed E-state index contributed by atoms with van der Waals surface area (Å²) in [5, 5.41) is 13.5. The monoisotopic (exact) mass is 418 g/mol. The second kappa shape index (κ2) is 7.00. The van der Waals surface area contributed by atoms with Crippen LogP contribution in [0.2, 0.25) is 0 Å². The Balaban J connectivity index is 1.58. The molecule has 2 aromatic carbocycles. The third-order valence-corrected chi connectivity index (χ3v) is 6.27. The Bertz CT molecular complexity index is 1470. The average Bonchev–Trinajstić information content (AvgIpc) is 3.30. The first-order valence-corrected chi connectivity index (χ1v) is 10.3. The van der Waals surface area contributed by atoms with Crippen molar-refractivity contribution in [2.24, 2.45) is 0 Å². The molecule has 0 fully saturated rings. The summed E-state index contributed by atoms with van der Waals surface area (Å²) in [5.41, 5.74) is 2.56. The van der Waals surface area contributed by atoms with E-state index in [0.717, 1.165) is 15.8 Å². The molecular formula is C22H18N4O3S. The molecule has 0 saturated carbocycles. The van der Waals surface area contributed by atoms with E-state index in [-0.39, 0.29) is 16.9 Å². The van der Waals surface area contributed by atoms with E-state index in [0.29, 0.717) is 34.7 Å². The Kier molecular flexibility index (Phi) is 4.29. The van der Waals surface area contributed by atoms with E-state index in [9.17, 15) is 14.7 Å². The van der Waals surface area contributed by atoms with Gasteiger partial charge in [0.15, 0.2) is 0 Å². The number of fused-ring (bicyclic) bond motifs is 2. The quantitative estimate of drug-likeness (QED) is 0.468. The lowest BCUT2D eigenvalue weighted by molar-refractivity contribution is 0.475. The van der Waals surface area contributed by atoms with Crippen LogP contribution in [0.25, 0.3) is 26.3 Å². The zero-order valence-electron chi connectivity index (χ0n) is 16.1. The van der Waals surface area contributed by atoms with Crippen molar-refractivity contribution in [1.82, 2.24) is 19.3 Å². The Morgan fingerprint density at radius 1 is 1.10 bits per heavy atom. The van der Waals surface area contributed by atoms with Gasteiger partial charge in [0.2, 0.25) is 5.13 Å². The second-order valence-corrected chi connectivity index (χ2v) is 8.15. The number of H-pyrrole nitrogens is 1. The molecule has 0 bridgehead atoms. The molecule has 7 nitrogen and oxygen atoms in total. The normalized spacial score (nSPS) is 11.5. The fourth-order valence-electron chi connectivity index (χ4n) is 3.68. The summed E-state index contributed by atoms with van der Waals surface area (Å²) >= 11 is 1.42. The first kappa shape index (κ1) is 18.4. The Hall–Kier alpha value is -3.65. The summed E-state index contributed by atoms with van der Waals surface area (Å²) in [5.74, 6) is 0.205. The van der Waals surface area contributed by atoms with Crippen molar-refractivity contribution in [3.8, 4) is 10.9 Å². The first-order chi connectivity index (χ1) is 14.5. The van der Waals surface area contributed by atoms with Crippen LogP contribution in [-0.2, 0) is 13.0 Å². The van der Waals surface area contributed by atoms with Crippen molar-refractivity contribution in [3.05, 3.63) is 86.6 Å². The first-order valence-electron chi connectivity index (χ1n) is 9.50. The second-order valence-electron chi connectivity index (χ2n) is 7.14. The maximum Gasteiger partial charge on any atom is 0.282 e. The highest BCUT2D eigenvalue weighted by Gasteiger charge is 2.17. The van der Waals surface area contributed by atoms with Crippen LogP contribution >= 0.6 is 11.3 Å². The van der Waals surface area contributed by atoms with Crippen molar-refractivity contribution in [2.45, 2.75) is 19.9 Å². The van der Waals surface area contributed by atoms with E-state index in [4.69, 9.17) is 0 Å². The summed E-state index contributed by atoms with van der Waals surface area (Å²) < 4.78 is 4.02. The minimum Gasteiger partial charge on any atom is -0.508 e. The van der Waals surface area contributed by atoms with Crippen molar-refractivity contribution in [2.75, 3.05) is 0 Å².